The molecule has 2 aromatic rings. The summed E-state index contributed by atoms with van der Waals surface area (Å²) in [4.78, 5) is 11.8. The molecule has 3 N–H and O–H groups in total. The summed E-state index contributed by atoms with van der Waals surface area (Å²) in [5, 5.41) is 23.3. The Bertz CT molecular complexity index is 858. The summed E-state index contributed by atoms with van der Waals surface area (Å²) in [7, 11) is 1.50. The quantitative estimate of drug-likeness (QED) is 0.372. The van der Waals surface area contributed by atoms with Gasteiger partial charge in [0, 0.05) is 10.0 Å². The minimum atomic E-state index is -0.498. The van der Waals surface area contributed by atoms with Gasteiger partial charge in [0.25, 0.3) is 5.91 Å². The molecule has 0 radical (unpaired) electrons. The topological polar surface area (TPSA) is 100 Å². The van der Waals surface area contributed by atoms with Crippen LogP contribution in [0.3, 0.4) is 0 Å². The summed E-state index contributed by atoms with van der Waals surface area (Å²) in [5.41, 5.74) is 2.57. The van der Waals surface area contributed by atoms with Crippen LogP contribution in [0, 0.1) is 0 Å². The average Bonchev–Trinajstić information content (AvgIpc) is 2.62. The van der Waals surface area contributed by atoms with Crippen molar-refractivity contribution in [2.24, 2.45) is 5.10 Å². The summed E-state index contributed by atoms with van der Waals surface area (Å²) in [6.45, 7) is -0.274. The number of benzene rings is 2. The van der Waals surface area contributed by atoms with Gasteiger partial charge in [-0.15, -0.1) is 0 Å². The fourth-order valence-corrected chi connectivity index (χ4v) is 3.32. The average molecular weight is 553 g/mol. The first kappa shape index (κ1) is 20.5. The SMILES string of the molecule is COc1cc(Br)ccc1OCC(=O)N/N=C/c1cc(Br)c(O)c(Br)c1O. The zero-order chi connectivity index (χ0) is 19.3. The van der Waals surface area contributed by atoms with E-state index < -0.39 is 5.91 Å². The molecule has 7 nitrogen and oxygen atoms in total. The van der Waals surface area contributed by atoms with Crippen LogP contribution >= 0.6 is 47.8 Å². The number of aromatic hydroxyl groups is 2. The van der Waals surface area contributed by atoms with Crippen molar-refractivity contribution in [1.29, 1.82) is 0 Å². The van der Waals surface area contributed by atoms with E-state index in [9.17, 15) is 15.0 Å². The first-order valence-electron chi connectivity index (χ1n) is 7.01. The molecule has 10 heteroatoms. The number of carbonyl (C=O) groups is 1. The molecule has 0 spiro atoms. The summed E-state index contributed by atoms with van der Waals surface area (Å²) >= 11 is 9.52. The highest BCUT2D eigenvalue weighted by atomic mass is 79.9. The van der Waals surface area contributed by atoms with Crippen LogP contribution < -0.4 is 14.9 Å². The van der Waals surface area contributed by atoms with E-state index in [0.717, 1.165) is 4.47 Å². The molecular formula is C16H13Br3N2O5. The number of phenolic OH excluding ortho intramolecular Hbond substituents is 2. The van der Waals surface area contributed by atoms with Crippen molar-refractivity contribution >= 4 is 59.9 Å². The minimum Gasteiger partial charge on any atom is -0.506 e. The highest BCUT2D eigenvalue weighted by Gasteiger charge is 2.13. The molecule has 0 saturated carbocycles. The summed E-state index contributed by atoms with van der Waals surface area (Å²) in [5.74, 6) is 0.0564. The lowest BCUT2D eigenvalue weighted by atomic mass is 10.2. The van der Waals surface area contributed by atoms with Crippen LogP contribution in [0.4, 0.5) is 0 Å². The van der Waals surface area contributed by atoms with Gasteiger partial charge in [0.1, 0.15) is 16.0 Å². The third kappa shape index (κ3) is 5.12. The summed E-state index contributed by atoms with van der Waals surface area (Å²) in [6.07, 6.45) is 1.24. The van der Waals surface area contributed by atoms with Gasteiger partial charge in [-0.3, -0.25) is 4.79 Å². The van der Waals surface area contributed by atoms with Crippen molar-refractivity contribution in [3.63, 3.8) is 0 Å². The Morgan fingerprint density at radius 1 is 1.19 bits per heavy atom. The van der Waals surface area contributed by atoms with Crippen molar-refractivity contribution in [2.75, 3.05) is 13.7 Å². The number of methoxy groups -OCH3 is 1. The van der Waals surface area contributed by atoms with Gasteiger partial charge in [-0.05, 0) is 56.1 Å². The van der Waals surface area contributed by atoms with Crippen molar-refractivity contribution in [2.45, 2.75) is 0 Å². The Morgan fingerprint density at radius 2 is 1.92 bits per heavy atom. The van der Waals surface area contributed by atoms with Crippen molar-refractivity contribution in [1.82, 2.24) is 5.43 Å². The molecular weight excluding hydrogens is 540 g/mol. The van der Waals surface area contributed by atoms with E-state index >= 15 is 0 Å². The molecule has 0 bridgehead atoms. The van der Waals surface area contributed by atoms with E-state index in [2.05, 4.69) is 58.3 Å². The Balaban J connectivity index is 1.96. The first-order chi connectivity index (χ1) is 12.3. The van der Waals surface area contributed by atoms with Gasteiger partial charge in [0.05, 0.1) is 17.8 Å². The lowest BCUT2D eigenvalue weighted by Crippen LogP contribution is -2.24. The molecule has 1 amide bonds. The normalized spacial score (nSPS) is 10.8. The molecule has 0 saturated heterocycles. The summed E-state index contributed by atoms with van der Waals surface area (Å²) in [6, 6.07) is 6.60. The van der Waals surface area contributed by atoms with Gasteiger partial charge >= 0.3 is 0 Å². The third-order valence-corrected chi connectivity index (χ3v) is 4.92. The molecule has 138 valence electrons. The maximum atomic E-state index is 11.8. The highest BCUT2D eigenvalue weighted by Crippen LogP contribution is 2.40. The van der Waals surface area contributed by atoms with Gasteiger partial charge in [-0.1, -0.05) is 15.9 Å². The predicted octanol–water partition coefficient (Wildman–Crippen LogP) is 3.92. The van der Waals surface area contributed by atoms with Crippen LogP contribution in [0.2, 0.25) is 0 Å². The Kier molecular flexibility index (Phi) is 7.30. The first-order valence-corrected chi connectivity index (χ1v) is 9.39. The number of amides is 1. The van der Waals surface area contributed by atoms with E-state index in [1.165, 1.54) is 19.4 Å². The number of hydrazone groups is 1. The standard InChI is InChI=1S/C16H13Br3N2O5/c1-25-12-5-9(17)2-3-11(12)26-7-13(22)21-20-6-8-4-10(18)16(24)14(19)15(8)23/h2-6,23-24H,7H2,1H3,(H,21,22)/b20-6+. The van der Waals surface area contributed by atoms with Crippen LogP contribution in [-0.2, 0) is 4.79 Å². The fourth-order valence-electron chi connectivity index (χ4n) is 1.83. The third-order valence-electron chi connectivity index (χ3n) is 3.08. The van der Waals surface area contributed by atoms with Crippen LogP contribution in [0.1, 0.15) is 5.56 Å². The van der Waals surface area contributed by atoms with Crippen LogP contribution in [0.15, 0.2) is 42.8 Å². The Hall–Kier alpha value is -1.78. The second-order valence-corrected chi connectivity index (χ2v) is 7.40. The molecule has 0 aliphatic rings. The smallest absolute Gasteiger partial charge is 0.277 e. The van der Waals surface area contributed by atoms with E-state index in [-0.39, 0.29) is 28.1 Å². The van der Waals surface area contributed by atoms with E-state index in [1.54, 1.807) is 18.2 Å². The number of rotatable bonds is 6. The van der Waals surface area contributed by atoms with Crippen molar-refractivity contribution < 1.29 is 24.5 Å². The lowest BCUT2D eigenvalue weighted by molar-refractivity contribution is -0.123. The predicted molar refractivity (Wildman–Crippen MR) is 107 cm³/mol. The van der Waals surface area contributed by atoms with E-state index in [0.29, 0.717) is 16.0 Å². The minimum absolute atomic E-state index is 0.116. The van der Waals surface area contributed by atoms with Gasteiger partial charge in [0.2, 0.25) is 0 Å². The molecule has 0 unspecified atom stereocenters. The van der Waals surface area contributed by atoms with E-state index in [1.807, 2.05) is 0 Å². The number of hydrogen-bond donors (Lipinski definition) is 3. The van der Waals surface area contributed by atoms with Crippen LogP contribution in [-0.4, -0.2) is 36.1 Å². The highest BCUT2D eigenvalue weighted by molar-refractivity contribution is 9.11. The fraction of sp³-hybridized carbons (Fsp3) is 0.125. The zero-order valence-corrected chi connectivity index (χ0v) is 18.1. The molecule has 2 rings (SSSR count). The van der Waals surface area contributed by atoms with Crippen molar-refractivity contribution in [3.05, 3.63) is 43.2 Å². The maximum absolute atomic E-state index is 11.8. The number of nitrogens with one attached hydrogen (secondary N) is 1. The number of carbonyl (C=O) groups excluding carboxylic acids is 1. The van der Waals surface area contributed by atoms with Gasteiger partial charge in [0.15, 0.2) is 18.1 Å². The molecule has 0 heterocycles. The zero-order valence-electron chi connectivity index (χ0n) is 13.3. The van der Waals surface area contributed by atoms with Gasteiger partial charge < -0.3 is 19.7 Å². The van der Waals surface area contributed by atoms with Crippen LogP contribution in [0.25, 0.3) is 0 Å². The molecule has 26 heavy (non-hydrogen) atoms. The largest absolute Gasteiger partial charge is 0.506 e. The second-order valence-electron chi connectivity index (χ2n) is 4.84. The summed E-state index contributed by atoms with van der Waals surface area (Å²) < 4.78 is 11.9. The second kappa shape index (κ2) is 9.24. The molecule has 0 aromatic heterocycles. The van der Waals surface area contributed by atoms with Gasteiger partial charge in [-0.2, -0.15) is 5.10 Å². The van der Waals surface area contributed by atoms with E-state index in [4.69, 9.17) is 9.47 Å². The number of phenols is 2. The number of halogens is 3. The monoisotopic (exact) mass is 550 g/mol. The van der Waals surface area contributed by atoms with Gasteiger partial charge in [-0.25, -0.2) is 5.43 Å². The molecule has 0 aliphatic heterocycles. The maximum Gasteiger partial charge on any atom is 0.277 e. The molecule has 0 fully saturated rings. The van der Waals surface area contributed by atoms with Crippen LogP contribution in [0.5, 0.6) is 23.0 Å². The lowest BCUT2D eigenvalue weighted by Gasteiger charge is -2.10. The van der Waals surface area contributed by atoms with Crippen molar-refractivity contribution in [3.8, 4) is 23.0 Å². The number of hydrogen-bond acceptors (Lipinski definition) is 6. The Labute approximate surface area is 174 Å². The molecule has 2 aromatic carbocycles. The molecule has 0 aliphatic carbocycles. The number of ether oxygens (including phenoxy) is 2. The molecule has 0 atom stereocenters. The Morgan fingerprint density at radius 3 is 2.62 bits per heavy atom. The number of nitrogens with zero attached hydrogens (tertiary/aromatic N) is 1.